The molecule has 1 atom stereocenters. The fourth-order valence-corrected chi connectivity index (χ4v) is 1.03. The van der Waals surface area contributed by atoms with Gasteiger partial charge in [-0.05, 0) is 26.0 Å². The van der Waals surface area contributed by atoms with Gasteiger partial charge in [-0.25, -0.2) is 9.18 Å². The van der Waals surface area contributed by atoms with Crippen LogP contribution < -0.4 is 0 Å². The summed E-state index contributed by atoms with van der Waals surface area (Å²) in [4.78, 5) is 14.4. The molecule has 0 spiro atoms. The van der Waals surface area contributed by atoms with Gasteiger partial charge in [0.25, 0.3) is 0 Å². The molecule has 0 aliphatic rings. The second-order valence-electron chi connectivity index (χ2n) is 2.79. The molecule has 1 heterocycles. The third kappa shape index (κ3) is 2.02. The number of carbonyl (C=O) groups is 1. The van der Waals surface area contributed by atoms with Crippen LogP contribution in [-0.4, -0.2) is 16.1 Å². The molecule has 0 radical (unpaired) electrons. The van der Waals surface area contributed by atoms with Crippen LogP contribution >= 0.6 is 0 Å². The van der Waals surface area contributed by atoms with Crippen molar-refractivity contribution in [2.45, 2.75) is 20.0 Å². The van der Waals surface area contributed by atoms with E-state index in [0.717, 1.165) is 0 Å². The quantitative estimate of drug-likeness (QED) is 0.763. The topological polar surface area (TPSA) is 50.2 Å². The Morgan fingerprint density at radius 3 is 2.62 bits per heavy atom. The predicted octanol–water partition coefficient (Wildman–Crippen LogP) is 2.12. The van der Waals surface area contributed by atoms with E-state index in [2.05, 4.69) is 4.98 Å². The van der Waals surface area contributed by atoms with Crippen molar-refractivity contribution in [3.63, 3.8) is 0 Å². The van der Waals surface area contributed by atoms with Crippen molar-refractivity contribution in [3.8, 4) is 0 Å². The average molecular weight is 183 g/mol. The summed E-state index contributed by atoms with van der Waals surface area (Å²) in [6.45, 7) is 2.91. The third-order valence-corrected chi connectivity index (χ3v) is 1.75. The molecular formula is C9H10FNO2. The molecule has 0 amide bonds. The van der Waals surface area contributed by atoms with E-state index >= 15 is 0 Å². The first-order chi connectivity index (χ1) is 6.02. The first-order valence-corrected chi connectivity index (χ1v) is 3.87. The second-order valence-corrected chi connectivity index (χ2v) is 2.79. The summed E-state index contributed by atoms with van der Waals surface area (Å²) in [7, 11) is 0. The average Bonchev–Trinajstić information content (AvgIpc) is 2.03. The highest BCUT2D eigenvalue weighted by atomic mass is 19.1. The number of aromatic carboxylic acids is 1. The number of nitrogens with zero attached hydrogens (tertiary/aromatic N) is 1. The van der Waals surface area contributed by atoms with Crippen LogP contribution in [0.5, 0.6) is 0 Å². The summed E-state index contributed by atoms with van der Waals surface area (Å²) in [5.74, 6) is -1.04. The molecule has 1 aromatic rings. The Labute approximate surface area is 75.2 Å². The Morgan fingerprint density at radius 1 is 1.62 bits per heavy atom. The number of carboxylic acid groups (broad SMARTS) is 1. The van der Waals surface area contributed by atoms with Crippen LogP contribution in [-0.2, 0) is 0 Å². The van der Waals surface area contributed by atoms with Crippen molar-refractivity contribution < 1.29 is 14.3 Å². The van der Waals surface area contributed by atoms with Crippen molar-refractivity contribution in [3.05, 3.63) is 29.1 Å². The molecule has 0 bridgehead atoms. The van der Waals surface area contributed by atoms with Crippen LogP contribution in [0.2, 0.25) is 0 Å². The Balaban J connectivity index is 3.13. The molecule has 0 saturated heterocycles. The molecule has 1 unspecified atom stereocenters. The monoisotopic (exact) mass is 183 g/mol. The van der Waals surface area contributed by atoms with E-state index in [9.17, 15) is 9.18 Å². The first kappa shape index (κ1) is 9.64. The number of rotatable bonds is 2. The number of aryl methyl sites for hydroxylation is 1. The zero-order valence-electron chi connectivity index (χ0n) is 7.41. The fraction of sp³-hybridized carbons (Fsp3) is 0.333. The zero-order valence-corrected chi connectivity index (χ0v) is 7.41. The highest BCUT2D eigenvalue weighted by molar-refractivity contribution is 5.88. The van der Waals surface area contributed by atoms with Gasteiger partial charge in [-0.3, -0.25) is 4.98 Å². The van der Waals surface area contributed by atoms with Crippen LogP contribution in [0.25, 0.3) is 0 Å². The van der Waals surface area contributed by atoms with Crippen LogP contribution in [0.3, 0.4) is 0 Å². The van der Waals surface area contributed by atoms with E-state index in [4.69, 9.17) is 5.11 Å². The van der Waals surface area contributed by atoms with Crippen molar-refractivity contribution in [2.24, 2.45) is 0 Å². The van der Waals surface area contributed by atoms with Crippen molar-refractivity contribution in [2.75, 3.05) is 0 Å². The molecule has 1 N–H and O–H groups in total. The normalized spacial score (nSPS) is 12.5. The lowest BCUT2D eigenvalue weighted by Crippen LogP contribution is -2.03. The molecule has 1 rings (SSSR count). The number of pyridine rings is 1. The largest absolute Gasteiger partial charge is 0.478 e. The number of hydrogen-bond acceptors (Lipinski definition) is 2. The van der Waals surface area contributed by atoms with E-state index in [1.165, 1.54) is 19.1 Å². The van der Waals surface area contributed by atoms with Gasteiger partial charge >= 0.3 is 5.97 Å². The summed E-state index contributed by atoms with van der Waals surface area (Å²) in [5, 5.41) is 8.66. The van der Waals surface area contributed by atoms with Crippen molar-refractivity contribution >= 4 is 5.97 Å². The number of halogens is 1. The molecule has 13 heavy (non-hydrogen) atoms. The van der Waals surface area contributed by atoms with E-state index in [0.29, 0.717) is 5.69 Å². The SMILES string of the molecule is Cc1nc(C(C)F)ccc1C(=O)O. The van der Waals surface area contributed by atoms with E-state index in [1.807, 2.05) is 0 Å². The standard InChI is InChI=1S/C9H10FNO2/c1-5(10)8-4-3-7(9(12)13)6(2)11-8/h3-5H,1-2H3,(H,12,13). The highest BCUT2D eigenvalue weighted by Gasteiger charge is 2.11. The Hall–Kier alpha value is -1.45. The van der Waals surface area contributed by atoms with Gasteiger partial charge in [0.1, 0.15) is 6.17 Å². The summed E-state index contributed by atoms with van der Waals surface area (Å²) >= 11 is 0. The van der Waals surface area contributed by atoms with Crippen LogP contribution in [0.1, 0.15) is 34.8 Å². The smallest absolute Gasteiger partial charge is 0.337 e. The molecule has 0 fully saturated rings. The van der Waals surface area contributed by atoms with Gasteiger partial charge in [-0.2, -0.15) is 0 Å². The maximum Gasteiger partial charge on any atom is 0.337 e. The lowest BCUT2D eigenvalue weighted by Gasteiger charge is -2.04. The molecule has 3 nitrogen and oxygen atoms in total. The van der Waals surface area contributed by atoms with E-state index in [-0.39, 0.29) is 11.3 Å². The summed E-state index contributed by atoms with van der Waals surface area (Å²) in [6, 6.07) is 2.76. The molecule has 1 aromatic heterocycles. The number of carboxylic acids is 1. The fourth-order valence-electron chi connectivity index (χ4n) is 1.03. The van der Waals surface area contributed by atoms with Gasteiger partial charge in [0.2, 0.25) is 0 Å². The molecule has 0 aliphatic heterocycles. The first-order valence-electron chi connectivity index (χ1n) is 3.87. The Kier molecular flexibility index (Phi) is 2.60. The molecule has 0 saturated carbocycles. The molecular weight excluding hydrogens is 173 g/mol. The van der Waals surface area contributed by atoms with Crippen LogP contribution in [0, 0.1) is 6.92 Å². The van der Waals surface area contributed by atoms with Crippen LogP contribution in [0.15, 0.2) is 12.1 Å². The Morgan fingerprint density at radius 2 is 2.23 bits per heavy atom. The second kappa shape index (κ2) is 3.51. The van der Waals surface area contributed by atoms with Gasteiger partial charge in [0.15, 0.2) is 0 Å². The van der Waals surface area contributed by atoms with Gasteiger partial charge < -0.3 is 5.11 Å². The summed E-state index contributed by atoms with van der Waals surface area (Å²) in [6.07, 6.45) is -1.17. The summed E-state index contributed by atoms with van der Waals surface area (Å²) < 4.78 is 12.7. The summed E-state index contributed by atoms with van der Waals surface area (Å²) in [5.41, 5.74) is 0.724. The molecule has 0 aromatic carbocycles. The lowest BCUT2D eigenvalue weighted by atomic mass is 10.1. The number of alkyl halides is 1. The molecule has 4 heteroatoms. The lowest BCUT2D eigenvalue weighted by molar-refractivity contribution is 0.0695. The van der Waals surface area contributed by atoms with Gasteiger partial charge in [0, 0.05) is 0 Å². The molecule has 70 valence electrons. The van der Waals surface area contributed by atoms with E-state index < -0.39 is 12.1 Å². The maximum atomic E-state index is 12.7. The number of aromatic nitrogens is 1. The van der Waals surface area contributed by atoms with E-state index in [1.54, 1.807) is 6.92 Å². The minimum Gasteiger partial charge on any atom is -0.478 e. The minimum atomic E-state index is -1.17. The highest BCUT2D eigenvalue weighted by Crippen LogP contribution is 2.15. The maximum absolute atomic E-state index is 12.7. The minimum absolute atomic E-state index is 0.115. The number of hydrogen-bond donors (Lipinski definition) is 1. The van der Waals surface area contributed by atoms with Crippen molar-refractivity contribution in [1.82, 2.24) is 4.98 Å². The predicted molar refractivity (Wildman–Crippen MR) is 45.5 cm³/mol. The molecule has 0 aliphatic carbocycles. The van der Waals surface area contributed by atoms with Crippen LogP contribution in [0.4, 0.5) is 4.39 Å². The third-order valence-electron chi connectivity index (χ3n) is 1.75. The van der Waals surface area contributed by atoms with Gasteiger partial charge in [-0.1, -0.05) is 0 Å². The zero-order chi connectivity index (χ0) is 10.0. The van der Waals surface area contributed by atoms with Gasteiger partial charge in [-0.15, -0.1) is 0 Å². The van der Waals surface area contributed by atoms with Gasteiger partial charge in [0.05, 0.1) is 17.0 Å². The van der Waals surface area contributed by atoms with Crippen molar-refractivity contribution in [1.29, 1.82) is 0 Å². The Bertz CT molecular complexity index is 336.